The smallest absolute Gasteiger partial charge is 0.256 e. The number of hydrogen-bond acceptors (Lipinski definition) is 7. The molecule has 10 nitrogen and oxygen atoms in total. The van der Waals surface area contributed by atoms with Crippen molar-refractivity contribution in [3.63, 3.8) is 0 Å². The average molecular weight is 588 g/mol. The molecule has 0 aromatic carbocycles. The number of halogens is 1. The summed E-state index contributed by atoms with van der Waals surface area (Å²) < 4.78 is 22.9. The highest BCUT2D eigenvalue weighted by atomic mass is 19.1. The van der Waals surface area contributed by atoms with Gasteiger partial charge < -0.3 is 36.6 Å². The van der Waals surface area contributed by atoms with Crippen LogP contribution in [0.25, 0.3) is 0 Å². The number of Topliss-reactive ketones (excluding diaryl/α,β-unsaturated/α-hetero) is 1. The number of carbonyl (C=O) groups is 2. The van der Waals surface area contributed by atoms with Gasteiger partial charge in [0.25, 0.3) is 5.91 Å². The maximum atomic E-state index is 16.0. The monoisotopic (exact) mass is 587 g/mol. The number of carbonyl (C=O) groups excluding carboxylic acids is 2. The maximum Gasteiger partial charge on any atom is 0.256 e. The van der Waals surface area contributed by atoms with Crippen molar-refractivity contribution in [3.8, 4) is 0 Å². The molecule has 6 rings (SSSR count). The van der Waals surface area contributed by atoms with Crippen molar-refractivity contribution in [2.24, 2.45) is 34.2 Å². The van der Waals surface area contributed by atoms with Crippen molar-refractivity contribution >= 4 is 17.6 Å². The standard InChI is InChI=1S/C31H50FN7O3/c32-23-17-21-27-29(26(23)35-11-14-38-12-5-6-13-38)42-25-16-20-8-2-1-7-19(20)15-24(25)39(27)18-22(28(21)40)30(41)36-9-3-4-10-37-31(33)34/h18-21,23-27,29,35H,1-17H2,(H,36,41)(H4,33,34,37). The predicted molar refractivity (Wildman–Crippen MR) is 159 cm³/mol. The minimum atomic E-state index is -1.21. The van der Waals surface area contributed by atoms with Crippen molar-refractivity contribution in [2.45, 2.75) is 107 Å². The number of hydrogen-bond donors (Lipinski definition) is 4. The lowest BCUT2D eigenvalue weighted by molar-refractivity contribution is -0.208. The molecule has 6 N–H and O–H groups in total. The highest BCUT2D eigenvalue weighted by Crippen LogP contribution is 2.50. The lowest BCUT2D eigenvalue weighted by atomic mass is 9.65. The molecule has 5 fully saturated rings. The summed E-state index contributed by atoms with van der Waals surface area (Å²) in [5.41, 5.74) is 10.9. The first kappa shape index (κ1) is 29.8. The van der Waals surface area contributed by atoms with E-state index < -0.39 is 24.2 Å². The van der Waals surface area contributed by atoms with E-state index in [1.54, 1.807) is 0 Å². The number of ketones is 1. The van der Waals surface area contributed by atoms with Crippen molar-refractivity contribution in [2.75, 3.05) is 39.3 Å². The van der Waals surface area contributed by atoms with Crippen LogP contribution >= 0.6 is 0 Å². The summed E-state index contributed by atoms with van der Waals surface area (Å²) in [7, 11) is 0. The third-order valence-corrected chi connectivity index (χ3v) is 10.9. The van der Waals surface area contributed by atoms with E-state index in [-0.39, 0.29) is 47.8 Å². The predicted octanol–water partition coefficient (Wildman–Crippen LogP) is 1.44. The Morgan fingerprint density at radius 2 is 1.81 bits per heavy atom. The van der Waals surface area contributed by atoms with Crippen LogP contribution in [0.4, 0.5) is 4.39 Å². The lowest BCUT2D eigenvalue weighted by Gasteiger charge is -2.61. The van der Waals surface area contributed by atoms with Gasteiger partial charge in [0.05, 0.1) is 35.9 Å². The van der Waals surface area contributed by atoms with E-state index in [1.807, 2.05) is 6.20 Å². The molecule has 9 atom stereocenters. The Hall–Kier alpha value is -2.24. The van der Waals surface area contributed by atoms with Crippen LogP contribution in [0.2, 0.25) is 0 Å². The number of nitrogens with two attached hydrogens (primary N) is 2. The van der Waals surface area contributed by atoms with Crippen LogP contribution in [0, 0.1) is 17.8 Å². The zero-order chi connectivity index (χ0) is 29.2. The number of amides is 1. The van der Waals surface area contributed by atoms with Gasteiger partial charge >= 0.3 is 0 Å². The van der Waals surface area contributed by atoms with Gasteiger partial charge in [-0.05, 0) is 69.9 Å². The molecule has 1 amide bonds. The molecule has 2 saturated heterocycles. The Morgan fingerprint density at radius 3 is 2.57 bits per heavy atom. The van der Waals surface area contributed by atoms with E-state index in [9.17, 15) is 9.59 Å². The third-order valence-electron chi connectivity index (χ3n) is 10.9. The van der Waals surface area contributed by atoms with E-state index >= 15 is 4.39 Å². The van der Waals surface area contributed by atoms with E-state index in [2.05, 4.69) is 25.4 Å². The number of rotatable bonds is 10. The molecule has 234 valence electrons. The summed E-state index contributed by atoms with van der Waals surface area (Å²) in [4.78, 5) is 35.9. The van der Waals surface area contributed by atoms with Gasteiger partial charge in [-0.2, -0.15) is 0 Å². The highest BCUT2D eigenvalue weighted by molar-refractivity contribution is 6.20. The van der Waals surface area contributed by atoms with Gasteiger partial charge in [-0.1, -0.05) is 25.7 Å². The molecule has 0 radical (unpaired) electrons. The zero-order valence-electron chi connectivity index (χ0n) is 24.9. The second-order valence-corrected chi connectivity index (χ2v) is 13.5. The molecule has 3 heterocycles. The minimum absolute atomic E-state index is 0.0104. The van der Waals surface area contributed by atoms with Crippen molar-refractivity contribution in [1.29, 1.82) is 0 Å². The molecule has 0 bridgehead atoms. The number of aliphatic imine (C=N–C) groups is 1. The quantitative estimate of drug-likeness (QED) is 0.130. The van der Waals surface area contributed by atoms with Crippen LogP contribution in [-0.4, -0.2) is 103 Å². The number of fused-ring (bicyclic) bond motifs is 3. The van der Waals surface area contributed by atoms with Gasteiger partial charge in [0, 0.05) is 38.3 Å². The van der Waals surface area contributed by atoms with Crippen LogP contribution in [0.1, 0.15) is 70.6 Å². The molecule has 3 saturated carbocycles. The van der Waals surface area contributed by atoms with Crippen molar-refractivity contribution in [1.82, 2.24) is 20.4 Å². The van der Waals surface area contributed by atoms with Gasteiger partial charge in [-0.15, -0.1) is 0 Å². The highest BCUT2D eigenvalue weighted by Gasteiger charge is 2.59. The van der Waals surface area contributed by atoms with E-state index in [0.29, 0.717) is 37.9 Å². The van der Waals surface area contributed by atoms with Crippen molar-refractivity contribution < 1.29 is 18.7 Å². The molecular weight excluding hydrogens is 537 g/mol. The molecule has 3 aliphatic heterocycles. The normalized spacial score (nSPS) is 37.7. The number of alkyl halides is 1. The Bertz CT molecular complexity index is 1050. The molecule has 3 aliphatic carbocycles. The second kappa shape index (κ2) is 13.2. The largest absolute Gasteiger partial charge is 0.370 e. The molecule has 0 aromatic rings. The van der Waals surface area contributed by atoms with E-state index in [0.717, 1.165) is 38.9 Å². The summed E-state index contributed by atoms with van der Waals surface area (Å²) in [6.45, 7) is 4.75. The van der Waals surface area contributed by atoms with Crippen LogP contribution in [0.5, 0.6) is 0 Å². The molecular formula is C31H50FN7O3. The van der Waals surface area contributed by atoms with Crippen LogP contribution in [-0.2, 0) is 14.3 Å². The number of morpholine rings is 1. The molecule has 11 heteroatoms. The number of ether oxygens (including phenoxy) is 1. The first-order chi connectivity index (χ1) is 20.4. The van der Waals surface area contributed by atoms with Crippen LogP contribution < -0.4 is 22.1 Å². The number of nitrogens with one attached hydrogen (secondary N) is 2. The van der Waals surface area contributed by atoms with Crippen LogP contribution in [0.3, 0.4) is 0 Å². The van der Waals surface area contributed by atoms with Gasteiger partial charge in [-0.3, -0.25) is 14.6 Å². The number of guanidine groups is 1. The van der Waals surface area contributed by atoms with Crippen LogP contribution in [0.15, 0.2) is 16.8 Å². The zero-order valence-corrected chi connectivity index (χ0v) is 24.9. The van der Waals surface area contributed by atoms with E-state index in [4.69, 9.17) is 16.2 Å². The molecule has 6 aliphatic rings. The Labute approximate surface area is 249 Å². The Kier molecular flexibility index (Phi) is 9.35. The first-order valence-corrected chi connectivity index (χ1v) is 16.5. The fraction of sp³-hybridized carbons (Fsp3) is 0.839. The second-order valence-electron chi connectivity index (χ2n) is 13.5. The van der Waals surface area contributed by atoms with Crippen molar-refractivity contribution in [3.05, 3.63) is 11.8 Å². The van der Waals surface area contributed by atoms with Gasteiger partial charge in [0.1, 0.15) is 6.17 Å². The fourth-order valence-electron chi connectivity index (χ4n) is 8.83. The average Bonchev–Trinajstić information content (AvgIpc) is 3.50. The summed E-state index contributed by atoms with van der Waals surface area (Å²) in [6, 6.07) is -0.584. The fourth-order valence-corrected chi connectivity index (χ4v) is 8.83. The summed E-state index contributed by atoms with van der Waals surface area (Å²) in [5, 5.41) is 6.46. The number of unbranched alkanes of at least 4 members (excludes halogenated alkanes) is 1. The topological polar surface area (TPSA) is 138 Å². The molecule has 42 heavy (non-hydrogen) atoms. The Balaban J connectivity index is 1.20. The van der Waals surface area contributed by atoms with E-state index in [1.165, 1.54) is 38.5 Å². The third kappa shape index (κ3) is 6.19. The molecule has 0 aromatic heterocycles. The summed E-state index contributed by atoms with van der Waals surface area (Å²) in [5.74, 6) is 0.158. The van der Waals surface area contributed by atoms with Gasteiger partial charge in [0.15, 0.2) is 11.7 Å². The Morgan fingerprint density at radius 1 is 1.05 bits per heavy atom. The first-order valence-electron chi connectivity index (χ1n) is 16.5. The summed E-state index contributed by atoms with van der Waals surface area (Å²) in [6.07, 6.45) is 11.2. The van der Waals surface area contributed by atoms with Gasteiger partial charge in [0.2, 0.25) is 0 Å². The molecule has 9 unspecified atom stereocenters. The number of nitrogens with zero attached hydrogens (tertiary/aromatic N) is 3. The minimum Gasteiger partial charge on any atom is -0.370 e. The summed E-state index contributed by atoms with van der Waals surface area (Å²) >= 11 is 0. The molecule has 0 spiro atoms. The van der Waals surface area contributed by atoms with Gasteiger partial charge in [-0.25, -0.2) is 4.39 Å². The number of likely N-dealkylation sites (tertiary alicyclic amines) is 1. The SMILES string of the molecule is NC(N)=NCCCCNC(=O)C1=CN2C3CC4CCCCC4CC3OC3C(NCCN4CCCC4)C(F)CC(C1=O)C32. The maximum absolute atomic E-state index is 16.0. The lowest BCUT2D eigenvalue weighted by Crippen LogP contribution is -2.73.